The molecule has 138 valence electrons. The number of amides is 1. The van der Waals surface area contributed by atoms with Crippen LogP contribution in [0.25, 0.3) is 4.96 Å². The summed E-state index contributed by atoms with van der Waals surface area (Å²) in [6, 6.07) is 1.91. The van der Waals surface area contributed by atoms with E-state index in [4.69, 9.17) is 0 Å². The third-order valence-electron chi connectivity index (χ3n) is 4.51. The van der Waals surface area contributed by atoms with Crippen molar-refractivity contribution in [3.05, 3.63) is 40.9 Å². The number of fused-ring (bicyclic) bond motifs is 2. The van der Waals surface area contributed by atoms with Gasteiger partial charge >= 0.3 is 0 Å². The molecule has 3 aromatic rings. The smallest absolute Gasteiger partial charge is 0.274 e. The predicted molar refractivity (Wildman–Crippen MR) is 98.2 cm³/mol. The molecule has 0 aromatic carbocycles. The van der Waals surface area contributed by atoms with Gasteiger partial charge < -0.3 is 14.9 Å². The number of carbonyl (C=O) groups excluding carboxylic acids is 1. The van der Waals surface area contributed by atoms with Crippen molar-refractivity contribution >= 4 is 22.2 Å². The largest absolute Gasteiger partial charge is 0.385 e. The fourth-order valence-corrected chi connectivity index (χ4v) is 3.95. The van der Waals surface area contributed by atoms with Crippen molar-refractivity contribution in [1.29, 1.82) is 0 Å². The minimum absolute atomic E-state index is 0.0639. The van der Waals surface area contributed by atoms with E-state index in [1.54, 1.807) is 6.20 Å². The molecule has 1 aliphatic rings. The molecule has 0 spiro atoms. The lowest BCUT2D eigenvalue weighted by atomic mass is 10.2. The van der Waals surface area contributed by atoms with Crippen molar-refractivity contribution in [1.82, 2.24) is 29.0 Å². The Morgan fingerprint density at radius 1 is 1.42 bits per heavy atom. The van der Waals surface area contributed by atoms with E-state index in [1.807, 2.05) is 50.6 Å². The minimum Gasteiger partial charge on any atom is -0.385 e. The van der Waals surface area contributed by atoms with Gasteiger partial charge in [0.2, 0.25) is 0 Å². The molecule has 1 aliphatic heterocycles. The van der Waals surface area contributed by atoms with Crippen LogP contribution in [0.1, 0.15) is 34.4 Å². The van der Waals surface area contributed by atoms with Crippen molar-refractivity contribution < 1.29 is 9.90 Å². The van der Waals surface area contributed by atoms with Gasteiger partial charge in [-0.25, -0.2) is 4.98 Å². The Labute approximate surface area is 155 Å². The molecule has 26 heavy (non-hydrogen) atoms. The van der Waals surface area contributed by atoms with E-state index < -0.39 is 6.10 Å². The number of aromatic nitrogens is 4. The van der Waals surface area contributed by atoms with Crippen LogP contribution in [0.3, 0.4) is 0 Å². The van der Waals surface area contributed by atoms with Crippen LogP contribution < -0.4 is 0 Å². The van der Waals surface area contributed by atoms with Gasteiger partial charge in [-0.3, -0.25) is 13.9 Å². The summed E-state index contributed by atoms with van der Waals surface area (Å²) < 4.78 is 3.78. The Morgan fingerprint density at radius 3 is 3.04 bits per heavy atom. The molecule has 0 radical (unpaired) electrons. The second-order valence-corrected chi connectivity index (χ2v) is 7.73. The quantitative estimate of drug-likeness (QED) is 0.743. The number of hydrogen-bond acceptors (Lipinski definition) is 6. The van der Waals surface area contributed by atoms with E-state index >= 15 is 0 Å². The fourth-order valence-electron chi connectivity index (χ4n) is 3.25. The van der Waals surface area contributed by atoms with Crippen LogP contribution in [0.15, 0.2) is 23.8 Å². The summed E-state index contributed by atoms with van der Waals surface area (Å²) in [7, 11) is 3.83. The van der Waals surface area contributed by atoms with Gasteiger partial charge in [-0.2, -0.15) is 5.10 Å². The Morgan fingerprint density at radius 2 is 2.27 bits per heavy atom. The molecule has 8 nitrogen and oxygen atoms in total. The standard InChI is InChI=1S/C17H22N6O2S/c1-20(2)11-15(24)13-8-12-9-21(4-3-5-23(12)19-13)16(25)14-10-22-6-7-26-17(22)18-14/h6-8,10,15,24H,3-5,9,11H2,1-2H3/t15-/m0/s1. The molecule has 1 N–H and O–H groups in total. The van der Waals surface area contributed by atoms with Crippen LogP contribution in [-0.2, 0) is 13.1 Å². The van der Waals surface area contributed by atoms with E-state index in [0.29, 0.717) is 31.0 Å². The number of imidazole rings is 1. The molecule has 1 atom stereocenters. The number of aryl methyl sites for hydroxylation is 1. The van der Waals surface area contributed by atoms with Gasteiger partial charge in [0.15, 0.2) is 4.96 Å². The first-order valence-corrected chi connectivity index (χ1v) is 9.50. The van der Waals surface area contributed by atoms with Crippen LogP contribution in [-0.4, -0.2) is 67.2 Å². The normalized spacial score (nSPS) is 16.1. The lowest BCUT2D eigenvalue weighted by Gasteiger charge is -2.18. The second kappa shape index (κ2) is 6.82. The molecule has 9 heteroatoms. The average Bonchev–Trinajstić information content (AvgIpc) is 3.25. The van der Waals surface area contributed by atoms with Crippen LogP contribution in [0.5, 0.6) is 0 Å². The lowest BCUT2D eigenvalue weighted by Crippen LogP contribution is -2.31. The summed E-state index contributed by atoms with van der Waals surface area (Å²) in [5.74, 6) is -0.0639. The van der Waals surface area contributed by atoms with E-state index in [-0.39, 0.29) is 5.91 Å². The maximum atomic E-state index is 12.9. The number of likely N-dealkylation sites (N-methyl/N-ethyl adjacent to an activating group) is 1. The van der Waals surface area contributed by atoms with Gasteiger partial charge in [0.25, 0.3) is 5.91 Å². The molecular formula is C17H22N6O2S. The third kappa shape index (κ3) is 3.25. The fraction of sp³-hybridized carbons (Fsp3) is 0.471. The number of aliphatic hydroxyl groups excluding tert-OH is 1. The van der Waals surface area contributed by atoms with E-state index in [0.717, 1.165) is 23.6 Å². The maximum Gasteiger partial charge on any atom is 0.274 e. The number of rotatable bonds is 4. The summed E-state index contributed by atoms with van der Waals surface area (Å²) in [6.45, 7) is 2.41. The molecule has 0 saturated carbocycles. The van der Waals surface area contributed by atoms with Gasteiger partial charge in [-0.15, -0.1) is 11.3 Å². The molecule has 1 amide bonds. The maximum absolute atomic E-state index is 12.9. The Balaban J connectivity index is 1.54. The zero-order valence-corrected chi connectivity index (χ0v) is 15.7. The molecular weight excluding hydrogens is 352 g/mol. The van der Waals surface area contributed by atoms with Gasteiger partial charge in [0, 0.05) is 37.4 Å². The van der Waals surface area contributed by atoms with Gasteiger partial charge in [-0.05, 0) is 26.6 Å². The first-order valence-electron chi connectivity index (χ1n) is 8.62. The molecule has 0 bridgehead atoms. The highest BCUT2D eigenvalue weighted by molar-refractivity contribution is 7.15. The molecule has 3 aromatic heterocycles. The number of carbonyl (C=O) groups is 1. The first-order chi connectivity index (χ1) is 12.5. The molecule has 0 aliphatic carbocycles. The topological polar surface area (TPSA) is 78.9 Å². The highest BCUT2D eigenvalue weighted by Gasteiger charge is 2.25. The highest BCUT2D eigenvalue weighted by atomic mass is 32.1. The minimum atomic E-state index is -0.631. The monoisotopic (exact) mass is 374 g/mol. The summed E-state index contributed by atoms with van der Waals surface area (Å²) >= 11 is 1.51. The SMILES string of the molecule is CN(C)C[C@H](O)c1cc2n(n1)CCCN(C(=O)c1cn3ccsc3n1)C2. The average molecular weight is 374 g/mol. The van der Waals surface area contributed by atoms with Gasteiger partial charge in [0.05, 0.1) is 17.9 Å². The van der Waals surface area contributed by atoms with E-state index in [2.05, 4.69) is 10.1 Å². The Hall–Kier alpha value is -2.23. The van der Waals surface area contributed by atoms with Crippen molar-refractivity contribution in [2.45, 2.75) is 25.6 Å². The van der Waals surface area contributed by atoms with Crippen LogP contribution >= 0.6 is 11.3 Å². The Bertz CT molecular complexity index is 898. The van der Waals surface area contributed by atoms with Crippen molar-refractivity contribution in [3.8, 4) is 0 Å². The summed E-state index contributed by atoms with van der Waals surface area (Å²) in [5.41, 5.74) is 2.08. The van der Waals surface area contributed by atoms with E-state index in [1.165, 1.54) is 11.3 Å². The predicted octanol–water partition coefficient (Wildman–Crippen LogP) is 1.23. The van der Waals surface area contributed by atoms with Crippen molar-refractivity contribution in [3.63, 3.8) is 0 Å². The van der Waals surface area contributed by atoms with Crippen molar-refractivity contribution in [2.75, 3.05) is 27.2 Å². The number of nitrogens with zero attached hydrogens (tertiary/aromatic N) is 6. The molecule has 0 unspecified atom stereocenters. The molecule has 0 saturated heterocycles. The number of thiazole rings is 1. The van der Waals surface area contributed by atoms with Crippen molar-refractivity contribution in [2.24, 2.45) is 0 Å². The van der Waals surface area contributed by atoms with Crippen LogP contribution in [0, 0.1) is 0 Å². The molecule has 4 heterocycles. The first kappa shape index (κ1) is 17.2. The lowest BCUT2D eigenvalue weighted by molar-refractivity contribution is 0.0740. The highest BCUT2D eigenvalue weighted by Crippen LogP contribution is 2.20. The van der Waals surface area contributed by atoms with Gasteiger partial charge in [0.1, 0.15) is 11.8 Å². The molecule has 4 rings (SSSR count). The summed E-state index contributed by atoms with van der Waals surface area (Å²) in [5, 5.41) is 16.8. The Kier molecular flexibility index (Phi) is 4.51. The van der Waals surface area contributed by atoms with Gasteiger partial charge in [-0.1, -0.05) is 0 Å². The van der Waals surface area contributed by atoms with Crippen LogP contribution in [0.4, 0.5) is 0 Å². The van der Waals surface area contributed by atoms with E-state index in [9.17, 15) is 9.90 Å². The second-order valence-electron chi connectivity index (χ2n) is 6.86. The van der Waals surface area contributed by atoms with Crippen LogP contribution in [0.2, 0.25) is 0 Å². The third-order valence-corrected chi connectivity index (χ3v) is 5.28. The number of aliphatic hydroxyl groups is 1. The zero-order valence-electron chi connectivity index (χ0n) is 14.9. The summed E-state index contributed by atoms with van der Waals surface area (Å²) in [6.07, 6.45) is 3.88. The number of hydrogen-bond donors (Lipinski definition) is 1. The molecule has 0 fully saturated rings. The summed E-state index contributed by atoms with van der Waals surface area (Å²) in [4.78, 5) is 21.9. The zero-order chi connectivity index (χ0) is 18.3.